The number of fused-ring (bicyclic) bond motifs is 1. The van der Waals surface area contributed by atoms with E-state index in [4.69, 9.17) is 10.5 Å². The Morgan fingerprint density at radius 1 is 1.32 bits per heavy atom. The normalized spacial score (nSPS) is 11.0. The van der Waals surface area contributed by atoms with Gasteiger partial charge in [-0.15, -0.1) is 11.3 Å². The zero-order valence-corrected chi connectivity index (χ0v) is 13.2. The van der Waals surface area contributed by atoms with Crippen molar-refractivity contribution in [2.45, 2.75) is 13.5 Å². The Hall–Kier alpha value is -2.24. The molecule has 0 amide bonds. The monoisotopic (exact) mass is 312 g/mol. The van der Waals surface area contributed by atoms with Gasteiger partial charge in [0.1, 0.15) is 9.71 Å². The summed E-state index contributed by atoms with van der Waals surface area (Å²) in [5, 5.41) is 0.830. The molecule has 2 aromatic heterocycles. The summed E-state index contributed by atoms with van der Waals surface area (Å²) in [5.74, 6) is -0.0675. The van der Waals surface area contributed by atoms with Crippen molar-refractivity contribution in [2.24, 2.45) is 0 Å². The number of aryl methyl sites for hydroxylation is 1. The fourth-order valence-corrected chi connectivity index (χ4v) is 3.64. The Bertz CT molecular complexity index is 841. The number of hydrogen-bond donors (Lipinski definition) is 1. The molecule has 0 saturated heterocycles. The highest BCUT2D eigenvalue weighted by atomic mass is 32.1. The molecule has 2 N–H and O–H groups in total. The third-order valence-electron chi connectivity index (χ3n) is 3.45. The van der Waals surface area contributed by atoms with Gasteiger partial charge in [0.2, 0.25) is 5.78 Å². The van der Waals surface area contributed by atoms with Crippen LogP contribution in [0.3, 0.4) is 0 Å². The number of hydrogen-bond acceptors (Lipinski definition) is 5. The zero-order chi connectivity index (χ0) is 15.7. The lowest BCUT2D eigenvalue weighted by Gasteiger charge is -2.04. The summed E-state index contributed by atoms with van der Waals surface area (Å²) in [5.41, 5.74) is 9.23. The molecule has 0 aliphatic carbocycles. The van der Waals surface area contributed by atoms with Crippen LogP contribution in [0, 0.1) is 6.92 Å². The van der Waals surface area contributed by atoms with Gasteiger partial charge < -0.3 is 10.5 Å². The summed E-state index contributed by atoms with van der Waals surface area (Å²) in [4.78, 5) is 18.5. The molecule has 0 atom stereocenters. The second-order valence-electron chi connectivity index (χ2n) is 5.08. The van der Waals surface area contributed by atoms with Crippen molar-refractivity contribution in [2.75, 3.05) is 12.8 Å². The quantitative estimate of drug-likeness (QED) is 0.748. The number of nitrogens with two attached hydrogens (primary N) is 1. The van der Waals surface area contributed by atoms with Crippen molar-refractivity contribution in [1.82, 2.24) is 4.98 Å². The minimum Gasteiger partial charge on any atom is -0.397 e. The average Bonchev–Trinajstić information content (AvgIpc) is 2.84. The minimum absolute atomic E-state index is 0.0675. The van der Waals surface area contributed by atoms with E-state index in [2.05, 4.69) is 4.98 Å². The highest BCUT2D eigenvalue weighted by Gasteiger charge is 2.20. The van der Waals surface area contributed by atoms with E-state index in [-0.39, 0.29) is 5.78 Å². The molecule has 4 nitrogen and oxygen atoms in total. The number of benzene rings is 1. The molecule has 2 heterocycles. The first-order valence-electron chi connectivity index (χ1n) is 6.89. The second kappa shape index (κ2) is 5.87. The first kappa shape index (κ1) is 14.7. The molecule has 0 spiro atoms. The predicted octanol–water partition coefficient (Wildman–Crippen LogP) is 3.56. The van der Waals surface area contributed by atoms with Gasteiger partial charge in [0.25, 0.3) is 0 Å². The van der Waals surface area contributed by atoms with E-state index in [1.807, 2.05) is 31.2 Å². The van der Waals surface area contributed by atoms with E-state index < -0.39 is 0 Å². The van der Waals surface area contributed by atoms with Gasteiger partial charge in [-0.05, 0) is 18.6 Å². The topological polar surface area (TPSA) is 65.2 Å². The number of carbonyl (C=O) groups excluding carboxylic acids is 1. The van der Waals surface area contributed by atoms with Crippen LogP contribution in [0.2, 0.25) is 0 Å². The largest absolute Gasteiger partial charge is 0.397 e. The molecule has 0 aliphatic heterocycles. The summed E-state index contributed by atoms with van der Waals surface area (Å²) in [6, 6.07) is 11.1. The summed E-state index contributed by atoms with van der Waals surface area (Å²) in [7, 11) is 1.64. The SMILES string of the molecule is COCc1cc(C)nc2sc(C(=O)c3ccccc3)c(N)c12. The fourth-order valence-electron chi connectivity index (χ4n) is 2.50. The third kappa shape index (κ3) is 2.49. The van der Waals surface area contributed by atoms with E-state index in [0.717, 1.165) is 21.5 Å². The number of nitrogens with zero attached hydrogens (tertiary/aromatic N) is 1. The van der Waals surface area contributed by atoms with Crippen molar-refractivity contribution in [1.29, 1.82) is 0 Å². The number of carbonyl (C=O) groups is 1. The molecule has 22 heavy (non-hydrogen) atoms. The molecule has 5 heteroatoms. The number of ketones is 1. The number of pyridine rings is 1. The molecule has 1 aromatic carbocycles. The van der Waals surface area contributed by atoms with Crippen LogP contribution in [0.5, 0.6) is 0 Å². The van der Waals surface area contributed by atoms with Crippen LogP contribution < -0.4 is 5.73 Å². The molecule has 0 fully saturated rings. The van der Waals surface area contributed by atoms with Gasteiger partial charge in [0.05, 0.1) is 12.3 Å². The van der Waals surface area contributed by atoms with Crippen LogP contribution in [0.1, 0.15) is 26.5 Å². The van der Waals surface area contributed by atoms with E-state index in [9.17, 15) is 4.79 Å². The van der Waals surface area contributed by atoms with Crippen LogP contribution in [-0.4, -0.2) is 17.9 Å². The smallest absolute Gasteiger partial charge is 0.205 e. The Morgan fingerprint density at radius 3 is 2.73 bits per heavy atom. The third-order valence-corrected chi connectivity index (χ3v) is 4.55. The Kier molecular flexibility index (Phi) is 3.92. The predicted molar refractivity (Wildman–Crippen MR) is 89.4 cm³/mol. The van der Waals surface area contributed by atoms with Crippen molar-refractivity contribution in [3.63, 3.8) is 0 Å². The summed E-state index contributed by atoms with van der Waals surface area (Å²) < 4.78 is 5.24. The summed E-state index contributed by atoms with van der Waals surface area (Å²) in [6.45, 7) is 2.37. The lowest BCUT2D eigenvalue weighted by molar-refractivity contribution is 0.104. The van der Waals surface area contributed by atoms with Crippen LogP contribution in [0.4, 0.5) is 5.69 Å². The number of methoxy groups -OCH3 is 1. The van der Waals surface area contributed by atoms with Gasteiger partial charge in [-0.3, -0.25) is 4.79 Å². The number of aromatic nitrogens is 1. The lowest BCUT2D eigenvalue weighted by atomic mass is 10.1. The molecular weight excluding hydrogens is 296 g/mol. The van der Waals surface area contributed by atoms with E-state index in [0.29, 0.717) is 22.7 Å². The molecule has 0 unspecified atom stereocenters. The van der Waals surface area contributed by atoms with E-state index >= 15 is 0 Å². The molecule has 112 valence electrons. The number of nitrogen functional groups attached to an aromatic ring is 1. The first-order chi connectivity index (χ1) is 10.6. The molecule has 0 bridgehead atoms. The molecule has 0 saturated carbocycles. The van der Waals surface area contributed by atoms with Gasteiger partial charge in [0.15, 0.2) is 0 Å². The number of thiophene rings is 1. The summed E-state index contributed by atoms with van der Waals surface area (Å²) >= 11 is 1.34. The van der Waals surface area contributed by atoms with Crippen LogP contribution >= 0.6 is 11.3 Å². The maximum absolute atomic E-state index is 12.7. The van der Waals surface area contributed by atoms with Crippen LogP contribution in [0.25, 0.3) is 10.2 Å². The molecular formula is C17H16N2O2S. The fraction of sp³-hybridized carbons (Fsp3) is 0.176. The van der Waals surface area contributed by atoms with Crippen molar-refractivity contribution in [3.8, 4) is 0 Å². The standard InChI is InChI=1S/C17H16N2O2S/c1-10-8-12(9-21-2)13-14(18)16(22-17(13)19-10)15(20)11-6-4-3-5-7-11/h3-8H,9,18H2,1-2H3. The lowest BCUT2D eigenvalue weighted by Crippen LogP contribution is -2.02. The Balaban J connectivity index is 2.18. The maximum Gasteiger partial charge on any atom is 0.205 e. The molecule has 0 aliphatic rings. The summed E-state index contributed by atoms with van der Waals surface area (Å²) in [6.07, 6.45) is 0. The Morgan fingerprint density at radius 2 is 2.05 bits per heavy atom. The van der Waals surface area contributed by atoms with E-state index in [1.165, 1.54) is 11.3 Å². The number of rotatable bonds is 4. The highest BCUT2D eigenvalue weighted by Crippen LogP contribution is 2.36. The van der Waals surface area contributed by atoms with Crippen molar-refractivity contribution >= 4 is 33.0 Å². The molecule has 3 rings (SSSR count). The van der Waals surface area contributed by atoms with E-state index in [1.54, 1.807) is 19.2 Å². The second-order valence-corrected chi connectivity index (χ2v) is 6.08. The first-order valence-corrected chi connectivity index (χ1v) is 7.70. The Labute approximate surface area is 132 Å². The van der Waals surface area contributed by atoms with Crippen molar-refractivity contribution in [3.05, 3.63) is 58.1 Å². The zero-order valence-electron chi connectivity index (χ0n) is 12.4. The highest BCUT2D eigenvalue weighted by molar-refractivity contribution is 7.21. The van der Waals surface area contributed by atoms with Gasteiger partial charge in [-0.2, -0.15) is 0 Å². The van der Waals surface area contributed by atoms with Crippen LogP contribution in [-0.2, 0) is 11.3 Å². The average molecular weight is 312 g/mol. The van der Waals surface area contributed by atoms with Gasteiger partial charge >= 0.3 is 0 Å². The van der Waals surface area contributed by atoms with Gasteiger partial charge in [0, 0.05) is 23.8 Å². The molecule has 3 aromatic rings. The van der Waals surface area contributed by atoms with Crippen molar-refractivity contribution < 1.29 is 9.53 Å². The molecule has 0 radical (unpaired) electrons. The minimum atomic E-state index is -0.0675. The van der Waals surface area contributed by atoms with Crippen LogP contribution in [0.15, 0.2) is 36.4 Å². The van der Waals surface area contributed by atoms with Gasteiger partial charge in [-0.1, -0.05) is 30.3 Å². The maximum atomic E-state index is 12.7. The number of anilines is 1. The number of ether oxygens (including phenoxy) is 1. The van der Waals surface area contributed by atoms with Gasteiger partial charge in [-0.25, -0.2) is 4.98 Å².